The predicted molar refractivity (Wildman–Crippen MR) is 93.1 cm³/mol. The van der Waals surface area contributed by atoms with Crippen LogP contribution in [0.2, 0.25) is 0 Å². The maximum atomic E-state index is 13.6. The number of benzene rings is 2. The number of hydrogen-bond acceptors (Lipinski definition) is 3. The van der Waals surface area contributed by atoms with E-state index in [1.165, 1.54) is 12.1 Å². The molecule has 0 bridgehead atoms. The van der Waals surface area contributed by atoms with Gasteiger partial charge in [0.25, 0.3) is 5.91 Å². The normalized spacial score (nSPS) is 10.9. The van der Waals surface area contributed by atoms with Crippen LogP contribution in [0.25, 0.3) is 0 Å². The molecule has 1 aromatic heterocycles. The fourth-order valence-electron chi connectivity index (χ4n) is 2.49. The number of amides is 1. The molecule has 0 unspecified atom stereocenters. The Bertz CT molecular complexity index is 1060. The van der Waals surface area contributed by atoms with Gasteiger partial charge in [0.2, 0.25) is 29.1 Å². The second-order valence-electron chi connectivity index (χ2n) is 6.23. The summed E-state index contributed by atoms with van der Waals surface area (Å²) in [6.45, 7) is 3.01. The van der Waals surface area contributed by atoms with Crippen LogP contribution in [0.4, 0.5) is 27.6 Å². The van der Waals surface area contributed by atoms with E-state index in [-0.39, 0.29) is 11.5 Å². The van der Waals surface area contributed by atoms with E-state index in [9.17, 15) is 26.7 Å². The highest BCUT2D eigenvalue weighted by Crippen LogP contribution is 2.30. The van der Waals surface area contributed by atoms with Crippen molar-refractivity contribution in [1.29, 1.82) is 0 Å². The minimum atomic E-state index is -2.28. The number of nitrogens with one attached hydrogen (secondary N) is 1. The summed E-state index contributed by atoms with van der Waals surface area (Å²) in [7, 11) is 0. The highest BCUT2D eigenvalue weighted by molar-refractivity contribution is 6.02. The summed E-state index contributed by atoms with van der Waals surface area (Å²) in [5.41, 5.74) is 2.33. The molecule has 2 aromatic carbocycles. The number of rotatable bonds is 5. The lowest BCUT2D eigenvalue weighted by Gasteiger charge is -2.09. The third-order valence-corrected chi connectivity index (χ3v) is 4.06. The molecule has 4 nitrogen and oxygen atoms in total. The highest BCUT2D eigenvalue weighted by Gasteiger charge is 2.27. The number of halogens is 5. The van der Waals surface area contributed by atoms with Gasteiger partial charge in [0, 0.05) is 5.69 Å². The van der Waals surface area contributed by atoms with Crippen LogP contribution in [0.3, 0.4) is 0 Å². The molecule has 0 aliphatic rings. The first-order valence-corrected chi connectivity index (χ1v) is 8.30. The minimum absolute atomic E-state index is 0.0555. The Hall–Kier alpha value is -3.36. The molecule has 3 rings (SSSR count). The summed E-state index contributed by atoms with van der Waals surface area (Å²) in [6.07, 6.45) is 0. The molecular weight excluding hydrogens is 397 g/mol. The molecule has 29 heavy (non-hydrogen) atoms. The second-order valence-corrected chi connectivity index (χ2v) is 6.23. The molecule has 152 valence electrons. The van der Waals surface area contributed by atoms with Gasteiger partial charge in [-0.1, -0.05) is 12.1 Å². The van der Waals surface area contributed by atoms with E-state index in [1.807, 2.05) is 19.1 Å². The number of ether oxygens (including phenoxy) is 1. The van der Waals surface area contributed by atoms with Crippen LogP contribution in [0.5, 0.6) is 5.75 Å². The van der Waals surface area contributed by atoms with Crippen LogP contribution in [-0.2, 0) is 6.61 Å². The fourth-order valence-corrected chi connectivity index (χ4v) is 2.49. The van der Waals surface area contributed by atoms with Gasteiger partial charge in [-0.05, 0) is 43.2 Å². The number of aryl methyl sites for hydroxylation is 2. The zero-order chi connectivity index (χ0) is 21.3. The van der Waals surface area contributed by atoms with Gasteiger partial charge in [-0.3, -0.25) is 4.79 Å². The quantitative estimate of drug-likeness (QED) is 0.346. The van der Waals surface area contributed by atoms with Crippen molar-refractivity contribution < 1.29 is 35.9 Å². The summed E-state index contributed by atoms with van der Waals surface area (Å²) in [5.74, 6) is -12.9. The molecule has 9 heteroatoms. The molecule has 0 spiro atoms. The second kappa shape index (κ2) is 7.94. The van der Waals surface area contributed by atoms with Crippen molar-refractivity contribution in [1.82, 2.24) is 0 Å². The number of hydrogen-bond donors (Lipinski definition) is 1. The minimum Gasteiger partial charge on any atom is -0.479 e. The molecule has 0 aliphatic heterocycles. The van der Waals surface area contributed by atoms with Crippen LogP contribution in [0.15, 0.2) is 34.7 Å². The monoisotopic (exact) mass is 411 g/mol. The fraction of sp³-hybridized carbons (Fsp3) is 0.150. The molecule has 1 amide bonds. The van der Waals surface area contributed by atoms with Crippen molar-refractivity contribution in [3.05, 3.63) is 82.1 Å². The van der Waals surface area contributed by atoms with E-state index >= 15 is 0 Å². The predicted octanol–water partition coefficient (Wildman–Crippen LogP) is 5.42. The molecule has 0 saturated carbocycles. The van der Waals surface area contributed by atoms with Crippen molar-refractivity contribution in [2.45, 2.75) is 20.5 Å². The Morgan fingerprint density at radius 3 is 2.21 bits per heavy atom. The van der Waals surface area contributed by atoms with Crippen LogP contribution in [0.1, 0.15) is 27.4 Å². The summed E-state index contributed by atoms with van der Waals surface area (Å²) in [4.78, 5) is 12.3. The third-order valence-electron chi connectivity index (χ3n) is 4.06. The summed E-state index contributed by atoms with van der Waals surface area (Å²) < 4.78 is 76.6. The molecule has 3 aromatic rings. The standard InChI is InChI=1S/C20H14F5NO3/c1-9-3-4-10(2)12(7-9)26-20(27)13-6-5-11(29-13)8-28-19-17(24)15(22)14(21)16(23)18(19)25/h3-7H,8H2,1-2H3,(H,26,27). The number of anilines is 1. The molecule has 1 heterocycles. The van der Waals surface area contributed by atoms with Gasteiger partial charge in [-0.25, -0.2) is 13.2 Å². The van der Waals surface area contributed by atoms with Crippen molar-refractivity contribution in [3.63, 3.8) is 0 Å². The van der Waals surface area contributed by atoms with Crippen molar-refractivity contribution >= 4 is 11.6 Å². The highest BCUT2D eigenvalue weighted by atomic mass is 19.2. The summed E-state index contributed by atoms with van der Waals surface area (Å²) >= 11 is 0. The smallest absolute Gasteiger partial charge is 0.291 e. The maximum Gasteiger partial charge on any atom is 0.291 e. The lowest BCUT2D eigenvalue weighted by molar-refractivity contribution is 0.0992. The molecule has 0 aliphatic carbocycles. The van der Waals surface area contributed by atoms with Gasteiger partial charge in [-0.15, -0.1) is 0 Å². The van der Waals surface area contributed by atoms with Gasteiger partial charge in [-0.2, -0.15) is 8.78 Å². The average Bonchev–Trinajstić information content (AvgIpc) is 3.17. The van der Waals surface area contributed by atoms with E-state index in [1.54, 1.807) is 13.0 Å². The first-order chi connectivity index (χ1) is 13.7. The van der Waals surface area contributed by atoms with Crippen LogP contribution >= 0.6 is 0 Å². The summed E-state index contributed by atoms with van der Waals surface area (Å²) in [5, 5.41) is 2.66. The Kier molecular flexibility index (Phi) is 5.58. The van der Waals surface area contributed by atoms with Crippen molar-refractivity contribution in [2.75, 3.05) is 5.32 Å². The average molecular weight is 411 g/mol. The molecule has 0 saturated heterocycles. The molecule has 0 atom stereocenters. The lowest BCUT2D eigenvalue weighted by atomic mass is 10.1. The van der Waals surface area contributed by atoms with E-state index in [0.717, 1.165) is 11.1 Å². The number of furan rings is 1. The Morgan fingerprint density at radius 1 is 0.931 bits per heavy atom. The van der Waals surface area contributed by atoms with E-state index in [2.05, 4.69) is 5.32 Å². The van der Waals surface area contributed by atoms with Crippen LogP contribution in [-0.4, -0.2) is 5.91 Å². The van der Waals surface area contributed by atoms with E-state index < -0.39 is 47.3 Å². The number of carbonyl (C=O) groups excluding carboxylic acids is 1. The Balaban J connectivity index is 1.73. The Labute approximate surface area is 161 Å². The summed E-state index contributed by atoms with van der Waals surface area (Å²) in [6, 6.07) is 8.05. The first-order valence-electron chi connectivity index (χ1n) is 8.30. The molecule has 0 fully saturated rings. The largest absolute Gasteiger partial charge is 0.479 e. The maximum absolute atomic E-state index is 13.6. The van der Waals surface area contributed by atoms with Gasteiger partial charge in [0.15, 0.2) is 11.5 Å². The lowest BCUT2D eigenvalue weighted by Crippen LogP contribution is -2.12. The number of carbonyl (C=O) groups is 1. The van der Waals surface area contributed by atoms with Gasteiger partial charge < -0.3 is 14.5 Å². The van der Waals surface area contributed by atoms with Crippen molar-refractivity contribution in [2.24, 2.45) is 0 Å². The van der Waals surface area contributed by atoms with Crippen molar-refractivity contribution in [3.8, 4) is 5.75 Å². The van der Waals surface area contributed by atoms with E-state index in [0.29, 0.717) is 5.69 Å². The zero-order valence-corrected chi connectivity index (χ0v) is 15.2. The van der Waals surface area contributed by atoms with Gasteiger partial charge in [0.1, 0.15) is 12.4 Å². The molecule has 1 N–H and O–H groups in total. The third kappa shape index (κ3) is 4.08. The molecule has 0 radical (unpaired) electrons. The van der Waals surface area contributed by atoms with E-state index in [4.69, 9.17) is 9.15 Å². The SMILES string of the molecule is Cc1ccc(C)c(NC(=O)c2ccc(COc3c(F)c(F)c(F)c(F)c3F)o2)c1. The first kappa shape index (κ1) is 20.4. The zero-order valence-electron chi connectivity index (χ0n) is 15.2. The topological polar surface area (TPSA) is 51.5 Å². The van der Waals surface area contributed by atoms with Crippen LogP contribution < -0.4 is 10.1 Å². The molecular formula is C20H14F5NO3. The van der Waals surface area contributed by atoms with Crippen LogP contribution in [0, 0.1) is 42.9 Å². The Morgan fingerprint density at radius 2 is 1.55 bits per heavy atom. The van der Waals surface area contributed by atoms with Gasteiger partial charge >= 0.3 is 0 Å². The van der Waals surface area contributed by atoms with Gasteiger partial charge in [0.05, 0.1) is 0 Å².